The lowest BCUT2D eigenvalue weighted by Gasteiger charge is -2.10. The summed E-state index contributed by atoms with van der Waals surface area (Å²) < 4.78 is 25.7. The first-order chi connectivity index (χ1) is 7.34. The number of hydrogen-bond donors (Lipinski definition) is 1. The van der Waals surface area contributed by atoms with Crippen LogP contribution in [0.5, 0.6) is 0 Å². The smallest absolute Gasteiger partial charge is 0.374 e. The molecule has 5 nitrogen and oxygen atoms in total. The van der Waals surface area contributed by atoms with Gasteiger partial charge in [0.1, 0.15) is 0 Å². The molecule has 0 heterocycles. The van der Waals surface area contributed by atoms with Crippen molar-refractivity contribution in [3.63, 3.8) is 0 Å². The minimum absolute atomic E-state index is 0.306. The maximum Gasteiger partial charge on any atom is 0.374 e. The van der Waals surface area contributed by atoms with E-state index in [0.29, 0.717) is 0 Å². The summed E-state index contributed by atoms with van der Waals surface area (Å²) in [7, 11) is 0. The van der Waals surface area contributed by atoms with Crippen molar-refractivity contribution in [2.45, 2.75) is 12.3 Å². The Morgan fingerprint density at radius 1 is 1.44 bits per heavy atom. The van der Waals surface area contributed by atoms with Crippen LogP contribution >= 0.6 is 0 Å². The molecular formula is C9H7F2NO4. The van der Waals surface area contributed by atoms with Gasteiger partial charge in [0.15, 0.2) is 0 Å². The van der Waals surface area contributed by atoms with Crippen LogP contribution in [0.25, 0.3) is 0 Å². The third-order valence-corrected chi connectivity index (χ3v) is 1.91. The summed E-state index contributed by atoms with van der Waals surface area (Å²) in [6, 6.07) is 4.81. The normalized spacial score (nSPS) is 11.1. The number of hydrogen-bond acceptors (Lipinski definition) is 3. The summed E-state index contributed by atoms with van der Waals surface area (Å²) in [5, 5.41) is 18.7. The zero-order chi connectivity index (χ0) is 12.3. The number of nitro groups is 1. The van der Waals surface area contributed by atoms with E-state index < -0.39 is 28.9 Å². The van der Waals surface area contributed by atoms with Crippen molar-refractivity contribution < 1.29 is 23.6 Å². The van der Waals surface area contributed by atoms with Crippen LogP contribution in [0.15, 0.2) is 24.3 Å². The lowest BCUT2D eigenvalue weighted by Crippen LogP contribution is -2.30. The van der Waals surface area contributed by atoms with Crippen molar-refractivity contribution in [1.82, 2.24) is 0 Å². The van der Waals surface area contributed by atoms with Crippen LogP contribution in [0.3, 0.4) is 0 Å². The highest BCUT2D eigenvalue weighted by Gasteiger charge is 2.40. The van der Waals surface area contributed by atoms with Crippen molar-refractivity contribution in [2.24, 2.45) is 0 Å². The van der Waals surface area contributed by atoms with Crippen molar-refractivity contribution in [3.8, 4) is 0 Å². The van der Waals surface area contributed by atoms with E-state index in [1.807, 2.05) is 0 Å². The number of nitrogens with zero attached hydrogens (tertiary/aromatic N) is 1. The van der Waals surface area contributed by atoms with E-state index in [4.69, 9.17) is 5.11 Å². The van der Waals surface area contributed by atoms with Gasteiger partial charge in [-0.1, -0.05) is 18.2 Å². The number of carbonyl (C=O) groups is 1. The molecule has 7 heteroatoms. The Bertz CT molecular complexity index is 433. The van der Waals surface area contributed by atoms with E-state index in [9.17, 15) is 23.7 Å². The maximum absolute atomic E-state index is 12.9. The Kier molecular flexibility index (Phi) is 3.17. The molecule has 0 saturated heterocycles. The molecule has 1 rings (SSSR count). The molecule has 0 bridgehead atoms. The predicted octanol–water partition coefficient (Wildman–Crippen LogP) is 1.86. The van der Waals surface area contributed by atoms with Crippen LogP contribution in [0.2, 0.25) is 0 Å². The van der Waals surface area contributed by atoms with Gasteiger partial charge in [0.05, 0.1) is 11.3 Å². The zero-order valence-electron chi connectivity index (χ0n) is 7.89. The highest BCUT2D eigenvalue weighted by molar-refractivity contribution is 5.76. The largest absolute Gasteiger partial charge is 0.477 e. The quantitative estimate of drug-likeness (QED) is 0.633. The van der Waals surface area contributed by atoms with Gasteiger partial charge in [-0.05, 0) is 0 Å². The second-order valence-corrected chi connectivity index (χ2v) is 3.07. The number of rotatable bonds is 4. The molecule has 0 atom stereocenters. The molecule has 1 aromatic carbocycles. The maximum atomic E-state index is 12.9. The number of alkyl halides is 2. The minimum Gasteiger partial charge on any atom is -0.477 e. The van der Waals surface area contributed by atoms with Crippen molar-refractivity contribution in [2.75, 3.05) is 0 Å². The molecule has 0 aliphatic carbocycles. The Morgan fingerprint density at radius 3 is 2.50 bits per heavy atom. The molecule has 1 N–H and O–H groups in total. The molecule has 0 saturated carbocycles. The van der Waals surface area contributed by atoms with Gasteiger partial charge in [0, 0.05) is 11.6 Å². The number of nitro benzene ring substituents is 1. The molecule has 0 spiro atoms. The topological polar surface area (TPSA) is 80.4 Å². The molecule has 1 aromatic rings. The van der Waals surface area contributed by atoms with E-state index in [-0.39, 0.29) is 5.56 Å². The van der Waals surface area contributed by atoms with Crippen LogP contribution < -0.4 is 0 Å². The predicted molar refractivity (Wildman–Crippen MR) is 49.4 cm³/mol. The molecule has 0 unspecified atom stereocenters. The first kappa shape index (κ1) is 12.0. The van der Waals surface area contributed by atoms with Gasteiger partial charge >= 0.3 is 11.9 Å². The highest BCUT2D eigenvalue weighted by atomic mass is 19.3. The molecule has 0 aliphatic heterocycles. The Balaban J connectivity index is 3.06. The number of halogens is 2. The van der Waals surface area contributed by atoms with Crippen LogP contribution in [-0.4, -0.2) is 21.9 Å². The zero-order valence-corrected chi connectivity index (χ0v) is 7.89. The molecule has 0 aliphatic rings. The van der Waals surface area contributed by atoms with Gasteiger partial charge in [0.25, 0.3) is 5.69 Å². The van der Waals surface area contributed by atoms with E-state index in [1.54, 1.807) is 0 Å². The Hall–Kier alpha value is -2.05. The molecule has 86 valence electrons. The summed E-state index contributed by atoms with van der Waals surface area (Å²) in [6.45, 7) is 0. The summed E-state index contributed by atoms with van der Waals surface area (Å²) in [4.78, 5) is 19.9. The summed E-state index contributed by atoms with van der Waals surface area (Å²) >= 11 is 0. The third kappa shape index (κ3) is 2.50. The lowest BCUT2D eigenvalue weighted by atomic mass is 10.1. The average molecular weight is 231 g/mol. The SMILES string of the molecule is O=C(O)C(F)(F)Cc1ccccc1[N+](=O)[O-]. The fourth-order valence-electron chi connectivity index (χ4n) is 1.15. The van der Waals surface area contributed by atoms with Gasteiger partial charge in [-0.2, -0.15) is 8.78 Å². The summed E-state index contributed by atoms with van der Waals surface area (Å²) in [6.07, 6.45) is -1.19. The lowest BCUT2D eigenvalue weighted by molar-refractivity contribution is -0.385. The average Bonchev–Trinajstić information content (AvgIpc) is 2.17. The molecule has 0 radical (unpaired) electrons. The molecule has 0 fully saturated rings. The van der Waals surface area contributed by atoms with E-state index >= 15 is 0 Å². The van der Waals surface area contributed by atoms with Crippen molar-refractivity contribution in [1.29, 1.82) is 0 Å². The highest BCUT2D eigenvalue weighted by Crippen LogP contribution is 2.26. The molecular weight excluding hydrogens is 224 g/mol. The fraction of sp³-hybridized carbons (Fsp3) is 0.222. The van der Waals surface area contributed by atoms with Crippen LogP contribution in [-0.2, 0) is 11.2 Å². The van der Waals surface area contributed by atoms with Gasteiger partial charge in [0.2, 0.25) is 0 Å². The number of benzene rings is 1. The summed E-state index contributed by atoms with van der Waals surface area (Å²) in [5.74, 6) is -6.31. The first-order valence-corrected chi connectivity index (χ1v) is 4.18. The third-order valence-electron chi connectivity index (χ3n) is 1.91. The van der Waals surface area contributed by atoms with E-state index in [1.165, 1.54) is 12.1 Å². The van der Waals surface area contributed by atoms with Crippen LogP contribution in [0.1, 0.15) is 5.56 Å². The fourth-order valence-corrected chi connectivity index (χ4v) is 1.15. The van der Waals surface area contributed by atoms with Gasteiger partial charge in [-0.15, -0.1) is 0 Å². The second kappa shape index (κ2) is 4.21. The standard InChI is InChI=1S/C9H7F2NO4/c10-9(11,8(13)14)5-6-3-1-2-4-7(6)12(15)16/h1-4H,5H2,(H,13,14). The van der Waals surface area contributed by atoms with Crippen molar-refractivity contribution >= 4 is 11.7 Å². The van der Waals surface area contributed by atoms with Crippen LogP contribution in [0.4, 0.5) is 14.5 Å². The minimum atomic E-state index is -4.01. The number of carboxylic acid groups (broad SMARTS) is 1. The van der Waals surface area contributed by atoms with Gasteiger partial charge in [-0.25, -0.2) is 4.79 Å². The number of para-hydroxylation sites is 1. The number of aliphatic carboxylic acids is 1. The molecule has 16 heavy (non-hydrogen) atoms. The monoisotopic (exact) mass is 231 g/mol. The van der Waals surface area contributed by atoms with E-state index in [0.717, 1.165) is 12.1 Å². The summed E-state index contributed by atoms with van der Waals surface area (Å²) in [5.41, 5.74) is -0.816. The second-order valence-electron chi connectivity index (χ2n) is 3.07. The Morgan fingerprint density at radius 2 is 2.00 bits per heavy atom. The number of carboxylic acids is 1. The molecule has 0 aromatic heterocycles. The Labute approximate surface area is 88.5 Å². The first-order valence-electron chi connectivity index (χ1n) is 4.18. The van der Waals surface area contributed by atoms with Crippen LogP contribution in [0, 0.1) is 10.1 Å². The molecule has 0 amide bonds. The van der Waals surface area contributed by atoms with Gasteiger partial charge < -0.3 is 5.11 Å². The van der Waals surface area contributed by atoms with Crippen molar-refractivity contribution in [3.05, 3.63) is 39.9 Å². The van der Waals surface area contributed by atoms with E-state index in [2.05, 4.69) is 0 Å². The van der Waals surface area contributed by atoms with Gasteiger partial charge in [-0.3, -0.25) is 10.1 Å².